The Morgan fingerprint density at radius 1 is 1.27 bits per heavy atom. The molecule has 0 aliphatic rings. The van der Waals surface area contributed by atoms with Crippen molar-refractivity contribution in [1.82, 2.24) is 14.0 Å². The highest BCUT2D eigenvalue weighted by atomic mass is 16.2. The fourth-order valence-corrected chi connectivity index (χ4v) is 1.20. The van der Waals surface area contributed by atoms with E-state index < -0.39 is 17.2 Å². The first-order chi connectivity index (χ1) is 6.86. The van der Waals surface area contributed by atoms with Crippen molar-refractivity contribution in [2.75, 3.05) is 14.1 Å². The van der Waals surface area contributed by atoms with Crippen molar-refractivity contribution in [3.05, 3.63) is 32.6 Å². The van der Waals surface area contributed by atoms with Crippen LogP contribution in [0.3, 0.4) is 0 Å². The summed E-state index contributed by atoms with van der Waals surface area (Å²) in [5.74, 6) is -0.411. The Morgan fingerprint density at radius 2 is 1.80 bits per heavy atom. The van der Waals surface area contributed by atoms with E-state index in [1.807, 2.05) is 0 Å². The van der Waals surface area contributed by atoms with Gasteiger partial charge in [-0.15, -0.1) is 0 Å². The lowest BCUT2D eigenvalue weighted by molar-refractivity contribution is 0.0824. The average molecular weight is 211 g/mol. The molecule has 0 aliphatic carbocycles. The molecule has 6 heteroatoms. The molecule has 6 nitrogen and oxygen atoms in total. The Labute approximate surface area is 86.4 Å². The predicted molar refractivity (Wildman–Crippen MR) is 54.9 cm³/mol. The topological polar surface area (TPSA) is 64.3 Å². The van der Waals surface area contributed by atoms with Crippen LogP contribution in [0.15, 0.2) is 15.8 Å². The third kappa shape index (κ3) is 1.83. The molecule has 0 aliphatic heterocycles. The average Bonchev–Trinajstić information content (AvgIpc) is 2.19. The van der Waals surface area contributed by atoms with Gasteiger partial charge in [0, 0.05) is 34.4 Å². The molecule has 0 atom stereocenters. The van der Waals surface area contributed by atoms with Crippen molar-refractivity contribution in [3.63, 3.8) is 0 Å². The fraction of sp³-hybridized carbons (Fsp3) is 0.444. The van der Waals surface area contributed by atoms with E-state index in [4.69, 9.17) is 0 Å². The summed E-state index contributed by atoms with van der Waals surface area (Å²) in [6.07, 6.45) is 1.26. The van der Waals surface area contributed by atoms with Gasteiger partial charge in [0.05, 0.1) is 0 Å². The maximum Gasteiger partial charge on any atom is 0.330 e. The van der Waals surface area contributed by atoms with Gasteiger partial charge < -0.3 is 9.47 Å². The van der Waals surface area contributed by atoms with Crippen LogP contribution in [0, 0.1) is 0 Å². The maximum atomic E-state index is 11.6. The van der Waals surface area contributed by atoms with Gasteiger partial charge in [-0.2, -0.15) is 0 Å². The maximum absolute atomic E-state index is 11.6. The molecule has 0 saturated carbocycles. The van der Waals surface area contributed by atoms with Gasteiger partial charge in [-0.05, 0) is 0 Å². The molecule has 15 heavy (non-hydrogen) atoms. The molecule has 1 rings (SSSR count). The molecule has 0 radical (unpaired) electrons. The zero-order valence-electron chi connectivity index (χ0n) is 9.14. The van der Waals surface area contributed by atoms with Crippen LogP contribution in [0.5, 0.6) is 0 Å². The normalized spacial score (nSPS) is 10.1. The molecule has 0 N–H and O–H groups in total. The number of aryl methyl sites for hydroxylation is 1. The summed E-state index contributed by atoms with van der Waals surface area (Å²) in [6, 6.07) is 0. The van der Waals surface area contributed by atoms with Crippen LogP contribution in [-0.4, -0.2) is 34.0 Å². The monoisotopic (exact) mass is 211 g/mol. The largest absolute Gasteiger partial charge is 0.345 e. The van der Waals surface area contributed by atoms with Crippen LogP contribution in [0.2, 0.25) is 0 Å². The third-order valence-electron chi connectivity index (χ3n) is 2.08. The summed E-state index contributed by atoms with van der Waals surface area (Å²) in [4.78, 5) is 35.8. The predicted octanol–water partition coefficient (Wildman–Crippen LogP) is -1.21. The summed E-state index contributed by atoms with van der Waals surface area (Å²) in [5, 5.41) is 0. The Kier molecular flexibility index (Phi) is 2.78. The number of carbonyl (C=O) groups is 1. The number of hydrogen-bond donors (Lipinski definition) is 0. The zero-order chi connectivity index (χ0) is 11.7. The van der Waals surface area contributed by atoms with Crippen LogP contribution in [0.25, 0.3) is 0 Å². The van der Waals surface area contributed by atoms with Crippen LogP contribution >= 0.6 is 0 Å². The second-order valence-electron chi connectivity index (χ2n) is 3.50. The summed E-state index contributed by atoms with van der Waals surface area (Å²) in [7, 11) is 5.94. The molecular formula is C9H13N3O3. The number of nitrogens with zero attached hydrogens (tertiary/aromatic N) is 3. The summed E-state index contributed by atoms with van der Waals surface area (Å²) in [5.41, 5.74) is -1.03. The first-order valence-electron chi connectivity index (χ1n) is 4.34. The molecular weight excluding hydrogens is 198 g/mol. The smallest absolute Gasteiger partial charge is 0.330 e. The van der Waals surface area contributed by atoms with Crippen molar-refractivity contribution < 1.29 is 4.79 Å². The van der Waals surface area contributed by atoms with Gasteiger partial charge in [-0.25, -0.2) is 4.79 Å². The molecule has 1 amide bonds. The Morgan fingerprint density at radius 3 is 2.27 bits per heavy atom. The molecule has 0 spiro atoms. The van der Waals surface area contributed by atoms with E-state index in [0.29, 0.717) is 0 Å². The number of rotatable bonds is 1. The summed E-state index contributed by atoms with van der Waals surface area (Å²) in [6.45, 7) is 0. The molecule has 1 heterocycles. The van der Waals surface area contributed by atoms with Crippen LogP contribution in [0.1, 0.15) is 10.4 Å². The SMILES string of the molecule is CN(C)C(=O)c1cn(C)c(=O)n(C)c1=O. The highest BCUT2D eigenvalue weighted by Crippen LogP contribution is 1.92. The van der Waals surface area contributed by atoms with E-state index in [2.05, 4.69) is 0 Å². The summed E-state index contributed by atoms with van der Waals surface area (Å²) >= 11 is 0. The first-order valence-corrected chi connectivity index (χ1v) is 4.34. The quantitative estimate of drug-likeness (QED) is 0.585. The van der Waals surface area contributed by atoms with Crippen LogP contribution < -0.4 is 11.2 Å². The zero-order valence-corrected chi connectivity index (χ0v) is 9.14. The molecule has 0 unspecified atom stereocenters. The van der Waals surface area contributed by atoms with Gasteiger partial charge >= 0.3 is 5.69 Å². The number of carbonyl (C=O) groups excluding carboxylic acids is 1. The van der Waals surface area contributed by atoms with Gasteiger partial charge in [0.2, 0.25) is 0 Å². The van der Waals surface area contributed by atoms with Gasteiger partial charge in [-0.3, -0.25) is 14.2 Å². The Bertz CT molecular complexity index is 510. The van der Waals surface area contributed by atoms with Crippen LogP contribution in [-0.2, 0) is 14.1 Å². The van der Waals surface area contributed by atoms with E-state index in [1.165, 1.54) is 29.8 Å². The third-order valence-corrected chi connectivity index (χ3v) is 2.08. The van der Waals surface area contributed by atoms with E-state index in [1.54, 1.807) is 14.1 Å². The van der Waals surface area contributed by atoms with E-state index in [-0.39, 0.29) is 5.56 Å². The van der Waals surface area contributed by atoms with E-state index >= 15 is 0 Å². The fourth-order valence-electron chi connectivity index (χ4n) is 1.20. The van der Waals surface area contributed by atoms with E-state index in [9.17, 15) is 14.4 Å². The lowest BCUT2D eigenvalue weighted by atomic mass is 10.3. The minimum absolute atomic E-state index is 0.00963. The molecule has 82 valence electrons. The molecule has 1 aromatic rings. The number of aromatic nitrogens is 2. The lowest BCUT2D eigenvalue weighted by Crippen LogP contribution is -2.41. The first kappa shape index (κ1) is 11.2. The Hall–Kier alpha value is -1.85. The van der Waals surface area contributed by atoms with Crippen molar-refractivity contribution in [1.29, 1.82) is 0 Å². The number of amides is 1. The second-order valence-corrected chi connectivity index (χ2v) is 3.50. The van der Waals surface area contributed by atoms with Crippen molar-refractivity contribution >= 4 is 5.91 Å². The van der Waals surface area contributed by atoms with Gasteiger partial charge in [-0.1, -0.05) is 0 Å². The Balaban J connectivity index is 3.53. The second kappa shape index (κ2) is 3.72. The van der Waals surface area contributed by atoms with Crippen molar-refractivity contribution in [2.24, 2.45) is 14.1 Å². The van der Waals surface area contributed by atoms with Gasteiger partial charge in [0.25, 0.3) is 11.5 Å². The highest BCUT2D eigenvalue weighted by molar-refractivity contribution is 5.93. The lowest BCUT2D eigenvalue weighted by Gasteiger charge is -2.11. The minimum atomic E-state index is -0.572. The molecule has 1 aromatic heterocycles. The molecule has 0 fully saturated rings. The molecule has 0 aromatic carbocycles. The minimum Gasteiger partial charge on any atom is -0.345 e. The van der Waals surface area contributed by atoms with E-state index in [0.717, 1.165) is 4.57 Å². The molecule has 0 bridgehead atoms. The summed E-state index contributed by atoms with van der Waals surface area (Å²) < 4.78 is 2.12. The standard InChI is InChI=1S/C9H13N3O3/c1-10(2)7(13)6-5-11(3)9(15)12(4)8(6)14/h5H,1-4H3. The van der Waals surface area contributed by atoms with Crippen LogP contribution in [0.4, 0.5) is 0 Å². The van der Waals surface area contributed by atoms with Gasteiger partial charge in [0.15, 0.2) is 0 Å². The van der Waals surface area contributed by atoms with Crippen molar-refractivity contribution in [2.45, 2.75) is 0 Å². The highest BCUT2D eigenvalue weighted by Gasteiger charge is 2.15. The van der Waals surface area contributed by atoms with Gasteiger partial charge in [0.1, 0.15) is 5.56 Å². The molecule has 0 saturated heterocycles. The van der Waals surface area contributed by atoms with Crippen molar-refractivity contribution in [3.8, 4) is 0 Å². The number of hydrogen-bond acceptors (Lipinski definition) is 3.